The van der Waals surface area contributed by atoms with Crippen LogP contribution in [0.25, 0.3) is 0 Å². The van der Waals surface area contributed by atoms with Crippen LogP contribution in [0.3, 0.4) is 0 Å². The lowest BCUT2D eigenvalue weighted by Gasteiger charge is -2.27. The molecule has 1 aliphatic heterocycles. The molecular weight excluding hydrogens is 386 g/mol. The van der Waals surface area contributed by atoms with Crippen LogP contribution in [0.15, 0.2) is 45.7 Å². The molecule has 2 heterocycles. The number of carbonyl (C=O) groups excluding carboxylic acids is 1. The summed E-state index contributed by atoms with van der Waals surface area (Å²) in [5, 5.41) is 6.03. The molecule has 1 spiro atoms. The van der Waals surface area contributed by atoms with Crippen LogP contribution >= 0.6 is 23.1 Å². The van der Waals surface area contributed by atoms with Crippen LogP contribution in [-0.2, 0) is 4.79 Å². The summed E-state index contributed by atoms with van der Waals surface area (Å²) in [6.07, 6.45) is 5.65. The van der Waals surface area contributed by atoms with Gasteiger partial charge in [-0.15, -0.1) is 11.3 Å². The van der Waals surface area contributed by atoms with Gasteiger partial charge < -0.3 is 5.32 Å². The number of nitrogens with zero attached hydrogens (tertiary/aromatic N) is 2. The Morgan fingerprint density at radius 3 is 2.75 bits per heavy atom. The number of hydrogen-bond acceptors (Lipinski definition) is 5. The van der Waals surface area contributed by atoms with E-state index in [9.17, 15) is 4.79 Å². The fourth-order valence-corrected chi connectivity index (χ4v) is 5.38. The van der Waals surface area contributed by atoms with E-state index in [1.165, 1.54) is 31.0 Å². The Balaban J connectivity index is 1.48. The van der Waals surface area contributed by atoms with Gasteiger partial charge in [-0.1, -0.05) is 36.4 Å². The van der Waals surface area contributed by atoms with Crippen LogP contribution in [0.2, 0.25) is 0 Å². The first-order chi connectivity index (χ1) is 13.5. The molecule has 2 aromatic rings. The lowest BCUT2D eigenvalue weighted by Crippen LogP contribution is -2.25. The van der Waals surface area contributed by atoms with Crippen molar-refractivity contribution >= 4 is 45.4 Å². The Labute approximate surface area is 174 Å². The highest BCUT2D eigenvalue weighted by atomic mass is 32.2. The second-order valence-electron chi connectivity index (χ2n) is 7.55. The normalized spacial score (nSPS) is 18.1. The molecule has 0 radical (unpaired) electrons. The van der Waals surface area contributed by atoms with Crippen molar-refractivity contribution in [3.05, 3.63) is 51.7 Å². The molecule has 1 saturated carbocycles. The van der Waals surface area contributed by atoms with Crippen LogP contribution in [0.5, 0.6) is 0 Å². The van der Waals surface area contributed by atoms with Gasteiger partial charge in [-0.05, 0) is 68.2 Å². The monoisotopic (exact) mass is 411 g/mol. The third-order valence-electron chi connectivity index (χ3n) is 5.25. The van der Waals surface area contributed by atoms with Crippen LogP contribution in [0.1, 0.15) is 48.1 Å². The van der Waals surface area contributed by atoms with Crippen molar-refractivity contribution < 1.29 is 4.79 Å². The van der Waals surface area contributed by atoms with Gasteiger partial charge in [0, 0.05) is 5.69 Å². The van der Waals surface area contributed by atoms with E-state index in [0.29, 0.717) is 5.75 Å². The molecule has 0 atom stereocenters. The SMILES string of the molecule is Cc1ccc(C)c(NC(=O)CSC2=NC3(CCCCC3)N=C2c2cccs2)c1. The zero-order chi connectivity index (χ0) is 19.6. The van der Waals surface area contributed by atoms with Gasteiger partial charge in [-0.3, -0.25) is 9.79 Å². The highest BCUT2D eigenvalue weighted by Crippen LogP contribution is 2.39. The Morgan fingerprint density at radius 1 is 1.18 bits per heavy atom. The maximum Gasteiger partial charge on any atom is 0.234 e. The molecule has 0 unspecified atom stereocenters. The fraction of sp³-hybridized carbons (Fsp3) is 0.409. The Hall–Kier alpha value is -1.92. The van der Waals surface area contributed by atoms with Crippen LogP contribution in [0, 0.1) is 13.8 Å². The van der Waals surface area contributed by atoms with E-state index in [0.717, 1.165) is 45.3 Å². The summed E-state index contributed by atoms with van der Waals surface area (Å²) in [7, 11) is 0. The molecule has 0 bridgehead atoms. The summed E-state index contributed by atoms with van der Waals surface area (Å²) in [5.41, 5.74) is 3.78. The Bertz CT molecular complexity index is 925. The van der Waals surface area contributed by atoms with Crippen molar-refractivity contribution in [2.24, 2.45) is 9.98 Å². The molecule has 0 saturated heterocycles. The summed E-state index contributed by atoms with van der Waals surface area (Å²) >= 11 is 3.20. The molecule has 6 heteroatoms. The van der Waals surface area contributed by atoms with E-state index >= 15 is 0 Å². The summed E-state index contributed by atoms with van der Waals surface area (Å²) in [6, 6.07) is 10.2. The topological polar surface area (TPSA) is 53.8 Å². The predicted octanol–water partition coefficient (Wildman–Crippen LogP) is 5.60. The molecule has 1 aromatic heterocycles. The summed E-state index contributed by atoms with van der Waals surface area (Å²) in [4.78, 5) is 23.8. The van der Waals surface area contributed by atoms with E-state index in [1.54, 1.807) is 11.3 Å². The van der Waals surface area contributed by atoms with Gasteiger partial charge >= 0.3 is 0 Å². The number of benzene rings is 1. The number of nitrogens with one attached hydrogen (secondary N) is 1. The first kappa shape index (κ1) is 19.4. The smallest absolute Gasteiger partial charge is 0.234 e. The fourth-order valence-electron chi connectivity index (χ4n) is 3.73. The second-order valence-corrected chi connectivity index (χ2v) is 9.46. The number of amides is 1. The average molecular weight is 412 g/mol. The number of rotatable bonds is 4. The highest BCUT2D eigenvalue weighted by molar-refractivity contribution is 8.16. The van der Waals surface area contributed by atoms with Gasteiger partial charge in [-0.2, -0.15) is 0 Å². The number of aliphatic imine (C=N–C) groups is 2. The lowest BCUT2D eigenvalue weighted by molar-refractivity contribution is -0.113. The Kier molecular flexibility index (Phi) is 5.69. The average Bonchev–Trinajstić information content (AvgIpc) is 3.32. The third-order valence-corrected chi connectivity index (χ3v) is 7.09. The van der Waals surface area contributed by atoms with Crippen molar-refractivity contribution in [3.8, 4) is 0 Å². The number of aryl methyl sites for hydroxylation is 2. The van der Waals surface area contributed by atoms with Gasteiger partial charge in [0.1, 0.15) is 10.8 Å². The molecule has 4 rings (SSSR count). The summed E-state index contributed by atoms with van der Waals surface area (Å²) in [6.45, 7) is 4.04. The zero-order valence-corrected chi connectivity index (χ0v) is 18.0. The molecule has 1 aliphatic carbocycles. The van der Waals surface area contributed by atoms with Crippen LogP contribution in [0.4, 0.5) is 5.69 Å². The minimum Gasteiger partial charge on any atom is -0.325 e. The minimum absolute atomic E-state index is 0.00322. The first-order valence-electron chi connectivity index (χ1n) is 9.79. The standard InChI is InChI=1S/C22H25N3OS2/c1-15-8-9-16(2)17(13-15)23-19(26)14-28-21-20(18-7-6-12-27-18)24-22(25-21)10-4-3-5-11-22/h6-9,12-13H,3-5,10-11,14H2,1-2H3,(H,23,26). The second kappa shape index (κ2) is 8.21. The summed E-state index contributed by atoms with van der Waals surface area (Å²) < 4.78 is 0. The number of hydrogen-bond donors (Lipinski definition) is 1. The van der Waals surface area contributed by atoms with Crippen LogP contribution < -0.4 is 5.32 Å². The van der Waals surface area contributed by atoms with Gasteiger partial charge in [0.25, 0.3) is 0 Å². The van der Waals surface area contributed by atoms with E-state index in [4.69, 9.17) is 9.98 Å². The maximum atomic E-state index is 12.6. The van der Waals surface area contributed by atoms with Gasteiger partial charge in [0.05, 0.1) is 10.6 Å². The molecule has 28 heavy (non-hydrogen) atoms. The zero-order valence-electron chi connectivity index (χ0n) is 16.3. The van der Waals surface area contributed by atoms with Crippen molar-refractivity contribution in [2.45, 2.75) is 51.6 Å². The molecule has 1 amide bonds. The van der Waals surface area contributed by atoms with Crippen molar-refractivity contribution in [2.75, 3.05) is 11.1 Å². The first-order valence-corrected chi connectivity index (χ1v) is 11.7. The number of thiophene rings is 1. The largest absolute Gasteiger partial charge is 0.325 e. The third kappa shape index (κ3) is 4.23. The molecular formula is C22H25N3OS2. The van der Waals surface area contributed by atoms with E-state index < -0.39 is 0 Å². The predicted molar refractivity (Wildman–Crippen MR) is 121 cm³/mol. The number of thioether (sulfide) groups is 1. The van der Waals surface area contributed by atoms with Crippen molar-refractivity contribution in [3.63, 3.8) is 0 Å². The number of carbonyl (C=O) groups is 1. The quantitative estimate of drug-likeness (QED) is 0.712. The molecule has 4 nitrogen and oxygen atoms in total. The minimum atomic E-state index is -0.288. The molecule has 1 aromatic carbocycles. The van der Waals surface area contributed by atoms with Crippen LogP contribution in [-0.4, -0.2) is 28.1 Å². The van der Waals surface area contributed by atoms with Crippen molar-refractivity contribution in [1.29, 1.82) is 0 Å². The molecule has 146 valence electrons. The highest BCUT2D eigenvalue weighted by Gasteiger charge is 2.38. The molecule has 2 aliphatic rings. The summed E-state index contributed by atoms with van der Waals surface area (Å²) in [5.74, 6) is 0.337. The molecule has 1 N–H and O–H groups in total. The van der Waals surface area contributed by atoms with E-state index in [2.05, 4.69) is 22.8 Å². The van der Waals surface area contributed by atoms with Gasteiger partial charge in [0.2, 0.25) is 5.91 Å². The van der Waals surface area contributed by atoms with Crippen molar-refractivity contribution in [1.82, 2.24) is 0 Å². The maximum absolute atomic E-state index is 12.6. The van der Waals surface area contributed by atoms with E-state index in [1.807, 2.05) is 32.0 Å². The van der Waals surface area contributed by atoms with Gasteiger partial charge in [-0.25, -0.2) is 4.99 Å². The van der Waals surface area contributed by atoms with Gasteiger partial charge in [0.15, 0.2) is 5.66 Å². The number of anilines is 1. The van der Waals surface area contributed by atoms with E-state index in [-0.39, 0.29) is 11.6 Å². The Morgan fingerprint density at radius 2 is 2.00 bits per heavy atom. The molecule has 1 fully saturated rings. The lowest BCUT2D eigenvalue weighted by atomic mass is 9.90.